The standard InChI is InChI=1S/C12H11Cl2NO5/c13-7(8(14)11(17)18)9(12(19)20)15-10(16)6-4-2-1-3-5-6/h1-5,7-9H,(H,15,16)(H,17,18)(H,19,20). The van der Waals surface area contributed by atoms with Crippen LogP contribution in [0, 0.1) is 0 Å². The number of amides is 1. The van der Waals surface area contributed by atoms with Crippen molar-refractivity contribution in [3.63, 3.8) is 0 Å². The van der Waals surface area contributed by atoms with Gasteiger partial charge in [0.05, 0.1) is 5.38 Å². The number of aliphatic carboxylic acids is 2. The normalized spacial score (nSPS) is 14.9. The van der Waals surface area contributed by atoms with Gasteiger partial charge < -0.3 is 15.5 Å². The summed E-state index contributed by atoms with van der Waals surface area (Å²) >= 11 is 11.2. The number of carbonyl (C=O) groups excluding carboxylic acids is 1. The molecule has 0 bridgehead atoms. The molecule has 108 valence electrons. The van der Waals surface area contributed by atoms with Crippen LogP contribution in [0.25, 0.3) is 0 Å². The first kappa shape index (κ1) is 16.3. The van der Waals surface area contributed by atoms with Gasteiger partial charge in [0.2, 0.25) is 0 Å². The summed E-state index contributed by atoms with van der Waals surface area (Å²) in [4.78, 5) is 33.6. The predicted octanol–water partition coefficient (Wildman–Crippen LogP) is 1.17. The number of halogens is 2. The van der Waals surface area contributed by atoms with Gasteiger partial charge in [0.1, 0.15) is 11.4 Å². The van der Waals surface area contributed by atoms with Crippen LogP contribution >= 0.6 is 23.2 Å². The van der Waals surface area contributed by atoms with Gasteiger partial charge in [-0.15, -0.1) is 23.2 Å². The number of rotatable bonds is 6. The summed E-state index contributed by atoms with van der Waals surface area (Å²) in [5.74, 6) is -3.62. The summed E-state index contributed by atoms with van der Waals surface area (Å²) in [5.41, 5.74) is 0.226. The molecule has 0 saturated heterocycles. The lowest BCUT2D eigenvalue weighted by molar-refractivity contribution is -0.140. The van der Waals surface area contributed by atoms with Gasteiger partial charge in [-0.1, -0.05) is 18.2 Å². The highest BCUT2D eigenvalue weighted by Gasteiger charge is 2.37. The average Bonchev–Trinajstić information content (AvgIpc) is 2.43. The van der Waals surface area contributed by atoms with Crippen molar-refractivity contribution in [2.24, 2.45) is 0 Å². The van der Waals surface area contributed by atoms with Gasteiger partial charge in [-0.2, -0.15) is 0 Å². The monoisotopic (exact) mass is 319 g/mol. The molecule has 3 unspecified atom stereocenters. The van der Waals surface area contributed by atoms with Crippen LogP contribution in [-0.2, 0) is 9.59 Å². The Hall–Kier alpha value is -1.79. The maximum absolute atomic E-state index is 11.8. The number of carboxylic acids is 2. The number of hydrogen-bond donors (Lipinski definition) is 3. The molecule has 0 aromatic heterocycles. The third-order valence-electron chi connectivity index (χ3n) is 2.42. The van der Waals surface area contributed by atoms with Crippen LogP contribution in [-0.4, -0.2) is 44.9 Å². The zero-order chi connectivity index (χ0) is 15.3. The lowest BCUT2D eigenvalue weighted by Crippen LogP contribution is -2.51. The molecular formula is C12H11Cl2NO5. The summed E-state index contributed by atoms with van der Waals surface area (Å²) < 4.78 is 0. The Morgan fingerprint density at radius 3 is 2.00 bits per heavy atom. The third kappa shape index (κ3) is 4.11. The number of benzene rings is 1. The van der Waals surface area contributed by atoms with Crippen LogP contribution in [0.4, 0.5) is 0 Å². The van der Waals surface area contributed by atoms with Crippen LogP contribution in [0.2, 0.25) is 0 Å². The number of alkyl halides is 2. The van der Waals surface area contributed by atoms with E-state index in [1.165, 1.54) is 12.1 Å². The summed E-state index contributed by atoms with van der Waals surface area (Å²) in [6.45, 7) is 0. The van der Waals surface area contributed by atoms with E-state index >= 15 is 0 Å². The van der Waals surface area contributed by atoms with Crippen molar-refractivity contribution in [2.75, 3.05) is 0 Å². The Morgan fingerprint density at radius 1 is 1.00 bits per heavy atom. The van der Waals surface area contributed by atoms with Gasteiger partial charge in [-0.05, 0) is 12.1 Å². The smallest absolute Gasteiger partial charge is 0.327 e. The minimum atomic E-state index is -1.64. The highest BCUT2D eigenvalue weighted by Crippen LogP contribution is 2.16. The van der Waals surface area contributed by atoms with Gasteiger partial charge in [-0.3, -0.25) is 9.59 Å². The molecule has 3 atom stereocenters. The Labute approximate surface area is 124 Å². The Kier molecular flexibility index (Phi) is 5.79. The molecule has 1 aromatic carbocycles. The van der Waals surface area contributed by atoms with E-state index in [1.54, 1.807) is 18.2 Å². The lowest BCUT2D eigenvalue weighted by Gasteiger charge is -2.21. The fraction of sp³-hybridized carbons (Fsp3) is 0.250. The van der Waals surface area contributed by atoms with E-state index in [9.17, 15) is 14.4 Å². The molecule has 0 heterocycles. The molecule has 6 nitrogen and oxygen atoms in total. The quantitative estimate of drug-likeness (QED) is 0.683. The predicted molar refractivity (Wildman–Crippen MR) is 72.2 cm³/mol. The second-order valence-electron chi connectivity index (χ2n) is 3.84. The average molecular weight is 320 g/mol. The van der Waals surface area contributed by atoms with Crippen LogP contribution in [0.5, 0.6) is 0 Å². The zero-order valence-electron chi connectivity index (χ0n) is 9.99. The van der Waals surface area contributed by atoms with Crippen molar-refractivity contribution in [3.05, 3.63) is 35.9 Å². The molecule has 1 amide bonds. The molecule has 8 heteroatoms. The van der Waals surface area contributed by atoms with Gasteiger partial charge in [0.25, 0.3) is 5.91 Å². The van der Waals surface area contributed by atoms with Gasteiger partial charge in [-0.25, -0.2) is 4.79 Å². The lowest BCUT2D eigenvalue weighted by atomic mass is 10.1. The van der Waals surface area contributed by atoms with Crippen molar-refractivity contribution in [3.8, 4) is 0 Å². The fourth-order valence-electron chi connectivity index (χ4n) is 1.40. The highest BCUT2D eigenvalue weighted by atomic mass is 35.5. The first-order valence-electron chi connectivity index (χ1n) is 5.44. The number of carboxylic acid groups (broad SMARTS) is 2. The first-order chi connectivity index (χ1) is 9.34. The Bertz CT molecular complexity index is 508. The molecule has 0 radical (unpaired) electrons. The minimum absolute atomic E-state index is 0.226. The zero-order valence-corrected chi connectivity index (χ0v) is 11.5. The molecule has 20 heavy (non-hydrogen) atoms. The maximum Gasteiger partial charge on any atom is 0.327 e. The van der Waals surface area contributed by atoms with Crippen LogP contribution in [0.1, 0.15) is 10.4 Å². The fourth-order valence-corrected chi connectivity index (χ4v) is 1.82. The number of carbonyl (C=O) groups is 3. The number of hydrogen-bond acceptors (Lipinski definition) is 3. The topological polar surface area (TPSA) is 104 Å². The van der Waals surface area contributed by atoms with E-state index in [0.717, 1.165) is 0 Å². The molecule has 0 saturated carbocycles. The summed E-state index contributed by atoms with van der Waals surface area (Å²) in [6, 6.07) is 6.23. The molecular weight excluding hydrogens is 309 g/mol. The van der Waals surface area contributed by atoms with Crippen molar-refractivity contribution in [2.45, 2.75) is 16.8 Å². The highest BCUT2D eigenvalue weighted by molar-refractivity contribution is 6.37. The van der Waals surface area contributed by atoms with Crippen LogP contribution in [0.3, 0.4) is 0 Å². The van der Waals surface area contributed by atoms with E-state index in [2.05, 4.69) is 5.32 Å². The Morgan fingerprint density at radius 2 is 1.55 bits per heavy atom. The van der Waals surface area contributed by atoms with E-state index in [0.29, 0.717) is 0 Å². The largest absolute Gasteiger partial charge is 0.480 e. The van der Waals surface area contributed by atoms with Crippen molar-refractivity contribution < 1.29 is 24.6 Å². The molecule has 0 aliphatic carbocycles. The molecule has 0 aliphatic heterocycles. The molecule has 0 aliphatic rings. The summed E-state index contributed by atoms with van der Waals surface area (Å²) in [7, 11) is 0. The Balaban J connectivity index is 2.86. The van der Waals surface area contributed by atoms with E-state index < -0.39 is 34.6 Å². The second-order valence-corrected chi connectivity index (χ2v) is 4.81. The van der Waals surface area contributed by atoms with Crippen LogP contribution < -0.4 is 5.32 Å². The molecule has 0 spiro atoms. The van der Waals surface area contributed by atoms with Crippen LogP contribution in [0.15, 0.2) is 30.3 Å². The maximum atomic E-state index is 11.8. The van der Waals surface area contributed by atoms with Gasteiger partial charge in [0, 0.05) is 5.56 Å². The first-order valence-corrected chi connectivity index (χ1v) is 6.31. The van der Waals surface area contributed by atoms with Crippen molar-refractivity contribution >= 4 is 41.0 Å². The number of nitrogens with one attached hydrogen (secondary N) is 1. The molecule has 1 rings (SSSR count). The molecule has 3 N–H and O–H groups in total. The van der Waals surface area contributed by atoms with Crippen molar-refractivity contribution in [1.29, 1.82) is 0 Å². The molecule has 1 aromatic rings. The van der Waals surface area contributed by atoms with E-state index in [4.69, 9.17) is 33.4 Å². The SMILES string of the molecule is O=C(NC(C(=O)O)C(Cl)C(Cl)C(=O)O)c1ccccc1. The third-order valence-corrected chi connectivity index (χ3v) is 3.51. The van der Waals surface area contributed by atoms with Gasteiger partial charge >= 0.3 is 11.9 Å². The van der Waals surface area contributed by atoms with Crippen molar-refractivity contribution in [1.82, 2.24) is 5.32 Å². The molecule has 0 fully saturated rings. The van der Waals surface area contributed by atoms with E-state index in [-0.39, 0.29) is 5.56 Å². The minimum Gasteiger partial charge on any atom is -0.480 e. The van der Waals surface area contributed by atoms with E-state index in [1.807, 2.05) is 0 Å². The van der Waals surface area contributed by atoms with Gasteiger partial charge in [0.15, 0.2) is 0 Å². The second kappa shape index (κ2) is 7.12. The summed E-state index contributed by atoms with van der Waals surface area (Å²) in [5, 5.41) is 16.7. The summed E-state index contributed by atoms with van der Waals surface area (Å²) in [6.07, 6.45) is 0.